The van der Waals surface area contributed by atoms with E-state index < -0.39 is 0 Å². The summed E-state index contributed by atoms with van der Waals surface area (Å²) < 4.78 is 0. The molecule has 116 valence electrons. The molecule has 4 heteroatoms. The van der Waals surface area contributed by atoms with Crippen LogP contribution in [0.4, 0.5) is 5.69 Å². The first kappa shape index (κ1) is 16.0. The highest BCUT2D eigenvalue weighted by Gasteiger charge is 2.24. The molecule has 1 heterocycles. The number of nitrogens with one attached hydrogen (secondary N) is 1. The van der Waals surface area contributed by atoms with Crippen LogP contribution < -0.4 is 11.1 Å². The Labute approximate surface area is 127 Å². The van der Waals surface area contributed by atoms with Gasteiger partial charge in [-0.3, -0.25) is 4.79 Å². The molecule has 1 aliphatic heterocycles. The second-order valence-electron chi connectivity index (χ2n) is 6.30. The minimum Gasteiger partial charge on any atom is -0.326 e. The van der Waals surface area contributed by atoms with Crippen LogP contribution in [-0.4, -0.2) is 30.4 Å². The maximum absolute atomic E-state index is 12.0. The van der Waals surface area contributed by atoms with Crippen molar-refractivity contribution in [3.8, 4) is 0 Å². The molecule has 1 aromatic carbocycles. The van der Waals surface area contributed by atoms with Gasteiger partial charge in [-0.25, -0.2) is 0 Å². The van der Waals surface area contributed by atoms with E-state index >= 15 is 0 Å². The van der Waals surface area contributed by atoms with Crippen molar-refractivity contribution < 1.29 is 4.79 Å². The molecular formula is C17H27N3O. The number of rotatable bonds is 6. The Morgan fingerprint density at radius 3 is 2.95 bits per heavy atom. The number of benzene rings is 1. The van der Waals surface area contributed by atoms with Crippen molar-refractivity contribution in [3.05, 3.63) is 29.8 Å². The van der Waals surface area contributed by atoms with Crippen LogP contribution in [0.1, 0.15) is 32.3 Å². The minimum absolute atomic E-state index is 0.0807. The van der Waals surface area contributed by atoms with Crippen molar-refractivity contribution in [2.45, 2.75) is 33.2 Å². The monoisotopic (exact) mass is 289 g/mol. The quantitative estimate of drug-likeness (QED) is 0.845. The number of hydrogen-bond donors (Lipinski definition) is 2. The third kappa shape index (κ3) is 4.83. The average Bonchev–Trinajstić information content (AvgIpc) is 2.94. The van der Waals surface area contributed by atoms with E-state index in [4.69, 9.17) is 5.73 Å². The third-order valence-corrected chi connectivity index (χ3v) is 4.35. The van der Waals surface area contributed by atoms with Crippen LogP contribution in [-0.2, 0) is 11.3 Å². The van der Waals surface area contributed by atoms with Gasteiger partial charge in [-0.15, -0.1) is 0 Å². The van der Waals surface area contributed by atoms with Crippen molar-refractivity contribution in [2.75, 3.05) is 25.0 Å². The Morgan fingerprint density at radius 1 is 1.48 bits per heavy atom. The fourth-order valence-corrected chi connectivity index (χ4v) is 2.87. The smallest absolute Gasteiger partial charge is 0.225 e. The average molecular weight is 289 g/mol. The standard InChI is InChI=1S/C17H27N3O/c1-13(2)15-6-8-20(12-15)9-7-17(21)19-16-5-3-4-14(10-16)11-18/h3-5,10,13,15H,6-9,11-12,18H2,1-2H3,(H,19,21). The topological polar surface area (TPSA) is 58.4 Å². The zero-order chi connectivity index (χ0) is 15.2. The van der Waals surface area contributed by atoms with Gasteiger partial charge in [0.1, 0.15) is 0 Å². The molecule has 0 saturated carbocycles. The van der Waals surface area contributed by atoms with Crippen LogP contribution in [0.25, 0.3) is 0 Å². The van der Waals surface area contributed by atoms with Gasteiger partial charge in [0.25, 0.3) is 0 Å². The van der Waals surface area contributed by atoms with E-state index in [9.17, 15) is 4.79 Å². The van der Waals surface area contributed by atoms with Gasteiger partial charge in [-0.1, -0.05) is 26.0 Å². The second-order valence-corrected chi connectivity index (χ2v) is 6.30. The van der Waals surface area contributed by atoms with E-state index in [2.05, 4.69) is 24.1 Å². The summed E-state index contributed by atoms with van der Waals surface area (Å²) in [6.45, 7) is 8.17. The van der Waals surface area contributed by atoms with Gasteiger partial charge in [-0.2, -0.15) is 0 Å². The zero-order valence-corrected chi connectivity index (χ0v) is 13.1. The Kier molecular flexibility index (Phi) is 5.76. The lowest BCUT2D eigenvalue weighted by Crippen LogP contribution is -2.26. The molecule has 0 bridgehead atoms. The summed E-state index contributed by atoms with van der Waals surface area (Å²) in [5.74, 6) is 1.61. The van der Waals surface area contributed by atoms with E-state index in [0.717, 1.165) is 42.7 Å². The number of nitrogens with two attached hydrogens (primary N) is 1. The highest BCUT2D eigenvalue weighted by atomic mass is 16.1. The summed E-state index contributed by atoms with van der Waals surface area (Å²) in [5, 5.41) is 2.95. The zero-order valence-electron chi connectivity index (χ0n) is 13.1. The molecule has 1 aromatic rings. The minimum atomic E-state index is 0.0807. The number of nitrogens with zero attached hydrogens (tertiary/aromatic N) is 1. The summed E-state index contributed by atoms with van der Waals surface area (Å²) in [4.78, 5) is 14.4. The first-order valence-electron chi connectivity index (χ1n) is 7.89. The van der Waals surface area contributed by atoms with Crippen molar-refractivity contribution in [1.29, 1.82) is 0 Å². The molecule has 0 spiro atoms. The normalized spacial score (nSPS) is 19.1. The molecule has 0 aliphatic carbocycles. The predicted molar refractivity (Wildman–Crippen MR) is 87.0 cm³/mol. The molecular weight excluding hydrogens is 262 g/mol. The molecule has 1 aliphatic rings. The van der Waals surface area contributed by atoms with E-state index in [0.29, 0.717) is 13.0 Å². The summed E-state index contributed by atoms with van der Waals surface area (Å²) in [6.07, 6.45) is 1.81. The SMILES string of the molecule is CC(C)C1CCN(CCC(=O)Nc2cccc(CN)c2)C1. The fraction of sp³-hybridized carbons (Fsp3) is 0.588. The Balaban J connectivity index is 1.75. The van der Waals surface area contributed by atoms with Gasteiger partial charge in [0.15, 0.2) is 0 Å². The van der Waals surface area contributed by atoms with E-state index in [1.807, 2.05) is 24.3 Å². The fourth-order valence-electron chi connectivity index (χ4n) is 2.87. The van der Waals surface area contributed by atoms with Crippen molar-refractivity contribution in [3.63, 3.8) is 0 Å². The third-order valence-electron chi connectivity index (χ3n) is 4.35. The van der Waals surface area contributed by atoms with E-state index in [1.54, 1.807) is 0 Å². The maximum Gasteiger partial charge on any atom is 0.225 e. The molecule has 4 nitrogen and oxygen atoms in total. The summed E-state index contributed by atoms with van der Waals surface area (Å²) in [6, 6.07) is 7.72. The Hall–Kier alpha value is -1.39. The first-order chi connectivity index (χ1) is 10.1. The summed E-state index contributed by atoms with van der Waals surface area (Å²) >= 11 is 0. The van der Waals surface area contributed by atoms with Crippen molar-refractivity contribution >= 4 is 11.6 Å². The summed E-state index contributed by atoms with van der Waals surface area (Å²) in [5.41, 5.74) is 7.48. The molecule has 0 aromatic heterocycles. The van der Waals surface area contributed by atoms with Crippen molar-refractivity contribution in [2.24, 2.45) is 17.6 Å². The highest BCUT2D eigenvalue weighted by molar-refractivity contribution is 5.90. The Morgan fingerprint density at radius 2 is 2.29 bits per heavy atom. The van der Waals surface area contributed by atoms with Crippen LogP contribution in [0.2, 0.25) is 0 Å². The highest BCUT2D eigenvalue weighted by Crippen LogP contribution is 2.23. The van der Waals surface area contributed by atoms with Gasteiger partial charge in [-0.05, 0) is 42.5 Å². The van der Waals surface area contributed by atoms with Crippen LogP contribution in [0.15, 0.2) is 24.3 Å². The first-order valence-corrected chi connectivity index (χ1v) is 7.89. The molecule has 1 saturated heterocycles. The molecule has 3 N–H and O–H groups in total. The predicted octanol–water partition coefficient (Wildman–Crippen LogP) is 2.45. The van der Waals surface area contributed by atoms with E-state index in [1.165, 1.54) is 6.42 Å². The van der Waals surface area contributed by atoms with Gasteiger partial charge in [0.05, 0.1) is 0 Å². The lowest BCUT2D eigenvalue weighted by molar-refractivity contribution is -0.116. The van der Waals surface area contributed by atoms with Crippen LogP contribution in [0.5, 0.6) is 0 Å². The molecule has 1 amide bonds. The van der Waals surface area contributed by atoms with Crippen LogP contribution in [0, 0.1) is 11.8 Å². The molecule has 1 unspecified atom stereocenters. The van der Waals surface area contributed by atoms with Crippen molar-refractivity contribution in [1.82, 2.24) is 4.90 Å². The number of likely N-dealkylation sites (tertiary alicyclic amines) is 1. The number of carbonyl (C=O) groups excluding carboxylic acids is 1. The molecule has 0 radical (unpaired) electrons. The molecule has 21 heavy (non-hydrogen) atoms. The largest absolute Gasteiger partial charge is 0.326 e. The lowest BCUT2D eigenvalue weighted by Gasteiger charge is -2.17. The Bertz CT molecular complexity index is 473. The van der Waals surface area contributed by atoms with Gasteiger partial charge in [0.2, 0.25) is 5.91 Å². The van der Waals surface area contributed by atoms with Gasteiger partial charge >= 0.3 is 0 Å². The van der Waals surface area contributed by atoms with Gasteiger partial charge in [0, 0.05) is 31.7 Å². The number of anilines is 1. The second kappa shape index (κ2) is 7.57. The maximum atomic E-state index is 12.0. The van der Waals surface area contributed by atoms with E-state index in [-0.39, 0.29) is 5.91 Å². The van der Waals surface area contributed by atoms with Gasteiger partial charge < -0.3 is 16.0 Å². The van der Waals surface area contributed by atoms with Crippen LogP contribution in [0.3, 0.4) is 0 Å². The lowest BCUT2D eigenvalue weighted by atomic mass is 9.95. The number of amides is 1. The molecule has 2 rings (SSSR count). The van der Waals surface area contributed by atoms with Crippen LogP contribution >= 0.6 is 0 Å². The number of hydrogen-bond acceptors (Lipinski definition) is 3. The molecule has 1 atom stereocenters. The molecule has 1 fully saturated rings. The number of carbonyl (C=O) groups is 1. The summed E-state index contributed by atoms with van der Waals surface area (Å²) in [7, 11) is 0.